The average molecular weight is 315 g/mol. The highest BCUT2D eigenvalue weighted by Gasteiger charge is 2.31. The summed E-state index contributed by atoms with van der Waals surface area (Å²) in [6, 6.07) is 6.97. The Morgan fingerprint density at radius 2 is 1.78 bits per heavy atom. The summed E-state index contributed by atoms with van der Waals surface area (Å²) in [5.74, 6) is 1.52. The number of dihydropyridines is 1. The van der Waals surface area contributed by atoms with Gasteiger partial charge in [-0.2, -0.15) is 0 Å². The summed E-state index contributed by atoms with van der Waals surface area (Å²) in [5.41, 5.74) is 0. The number of nitrogens with one attached hydrogen (secondary N) is 1. The number of allylic oxidation sites excluding steroid dienone is 2. The van der Waals surface area contributed by atoms with Gasteiger partial charge < -0.3 is 15.0 Å². The molecule has 1 saturated carbocycles. The van der Waals surface area contributed by atoms with Gasteiger partial charge in [-0.25, -0.2) is 4.39 Å². The molecule has 0 bridgehead atoms. The predicted octanol–water partition coefficient (Wildman–Crippen LogP) is 2.31. The lowest BCUT2D eigenvalue weighted by atomic mass is 10.2. The van der Waals surface area contributed by atoms with E-state index in [9.17, 15) is 4.39 Å². The molecule has 3 aliphatic rings. The normalized spacial score (nSPS) is 25.0. The number of hydrogen-bond acceptors (Lipinski definition) is 4. The van der Waals surface area contributed by atoms with Crippen LogP contribution in [0.25, 0.3) is 0 Å². The second-order valence-corrected chi connectivity index (χ2v) is 6.33. The summed E-state index contributed by atoms with van der Waals surface area (Å²) in [7, 11) is 0. The van der Waals surface area contributed by atoms with Crippen molar-refractivity contribution in [2.75, 3.05) is 26.2 Å². The lowest BCUT2D eigenvalue weighted by Crippen LogP contribution is -2.50. The van der Waals surface area contributed by atoms with E-state index in [1.54, 1.807) is 12.1 Å². The maximum Gasteiger partial charge on any atom is 0.190 e. The zero-order valence-electron chi connectivity index (χ0n) is 13.1. The van der Waals surface area contributed by atoms with Crippen molar-refractivity contribution in [1.82, 2.24) is 15.1 Å². The smallest absolute Gasteiger partial charge is 0.190 e. The topological polar surface area (TPSA) is 27.7 Å². The Bertz CT molecular complexity index is 601. The quantitative estimate of drug-likeness (QED) is 0.923. The number of rotatable bonds is 4. The Morgan fingerprint density at radius 1 is 1.04 bits per heavy atom. The number of nitrogens with zero attached hydrogens (tertiary/aromatic N) is 2. The molecule has 0 aromatic heterocycles. The Morgan fingerprint density at radius 3 is 2.48 bits per heavy atom. The van der Waals surface area contributed by atoms with Crippen LogP contribution >= 0.6 is 0 Å². The fourth-order valence-corrected chi connectivity index (χ4v) is 3.18. The van der Waals surface area contributed by atoms with Crippen LogP contribution in [0.4, 0.5) is 4.39 Å². The minimum absolute atomic E-state index is 0.220. The van der Waals surface area contributed by atoms with Gasteiger partial charge in [-0.1, -0.05) is 6.08 Å². The van der Waals surface area contributed by atoms with Crippen LogP contribution in [0.1, 0.15) is 12.8 Å². The minimum atomic E-state index is -0.251. The van der Waals surface area contributed by atoms with E-state index in [2.05, 4.69) is 21.2 Å². The molecule has 2 aliphatic heterocycles. The van der Waals surface area contributed by atoms with Crippen molar-refractivity contribution in [3.05, 3.63) is 54.1 Å². The summed E-state index contributed by atoms with van der Waals surface area (Å²) in [4.78, 5) is 4.98. The van der Waals surface area contributed by atoms with E-state index in [4.69, 9.17) is 4.74 Å². The number of hydrogen-bond donors (Lipinski definition) is 1. The van der Waals surface area contributed by atoms with Crippen molar-refractivity contribution in [2.24, 2.45) is 0 Å². The first kappa shape index (κ1) is 14.6. The van der Waals surface area contributed by atoms with E-state index in [1.807, 2.05) is 12.2 Å². The summed E-state index contributed by atoms with van der Waals surface area (Å²) in [6.07, 6.45) is 8.61. The number of ether oxygens (including phenoxy) is 1. The van der Waals surface area contributed by atoms with Crippen LogP contribution in [0.3, 0.4) is 0 Å². The molecule has 5 heteroatoms. The minimum Gasteiger partial charge on any atom is -0.467 e. The Kier molecular flexibility index (Phi) is 3.95. The van der Waals surface area contributed by atoms with Gasteiger partial charge in [0.15, 0.2) is 6.23 Å². The van der Waals surface area contributed by atoms with Crippen LogP contribution in [-0.4, -0.2) is 48.2 Å². The molecular formula is C18H22FN3O. The van der Waals surface area contributed by atoms with Crippen LogP contribution in [0.2, 0.25) is 0 Å². The van der Waals surface area contributed by atoms with Gasteiger partial charge in [0.2, 0.25) is 0 Å². The molecule has 122 valence electrons. The average Bonchev–Trinajstić information content (AvgIpc) is 3.43. The van der Waals surface area contributed by atoms with Crippen LogP contribution in [0.15, 0.2) is 48.3 Å². The predicted molar refractivity (Wildman–Crippen MR) is 87.3 cm³/mol. The SMILES string of the molecule is Fc1ccc(OC2C=CC=C(N3CCN(C4CC4)CC3)N2)cc1. The van der Waals surface area contributed by atoms with E-state index in [0.717, 1.165) is 38.0 Å². The number of piperazine rings is 1. The van der Waals surface area contributed by atoms with Crippen molar-refractivity contribution >= 4 is 0 Å². The largest absolute Gasteiger partial charge is 0.467 e. The second-order valence-electron chi connectivity index (χ2n) is 6.33. The molecule has 1 atom stereocenters. The van der Waals surface area contributed by atoms with Gasteiger partial charge in [0.05, 0.1) is 0 Å². The van der Waals surface area contributed by atoms with Gasteiger partial charge in [0.25, 0.3) is 0 Å². The van der Waals surface area contributed by atoms with Crippen molar-refractivity contribution in [3.8, 4) is 5.75 Å². The van der Waals surface area contributed by atoms with E-state index in [-0.39, 0.29) is 12.0 Å². The zero-order valence-corrected chi connectivity index (χ0v) is 13.1. The van der Waals surface area contributed by atoms with Crippen molar-refractivity contribution in [3.63, 3.8) is 0 Å². The standard InChI is InChI=1S/C18H22FN3O/c19-14-4-8-16(9-5-14)23-18-3-1-2-17(20-18)22-12-10-21(11-13-22)15-6-7-15/h1-5,8-9,15,18,20H,6-7,10-13H2. The first-order chi connectivity index (χ1) is 11.3. The molecule has 4 nitrogen and oxygen atoms in total. The molecule has 1 saturated heterocycles. The number of halogens is 1. The molecule has 2 heterocycles. The summed E-state index contributed by atoms with van der Waals surface area (Å²) < 4.78 is 18.8. The highest BCUT2D eigenvalue weighted by atomic mass is 19.1. The molecule has 23 heavy (non-hydrogen) atoms. The molecule has 1 unspecified atom stereocenters. The second kappa shape index (κ2) is 6.24. The molecular weight excluding hydrogens is 293 g/mol. The first-order valence-electron chi connectivity index (χ1n) is 8.34. The lowest BCUT2D eigenvalue weighted by molar-refractivity contribution is 0.130. The maximum absolute atomic E-state index is 13.0. The van der Waals surface area contributed by atoms with Gasteiger partial charge in [0, 0.05) is 32.2 Å². The maximum atomic E-state index is 13.0. The lowest BCUT2D eigenvalue weighted by Gasteiger charge is -2.39. The summed E-state index contributed by atoms with van der Waals surface area (Å²) in [6.45, 7) is 4.37. The van der Waals surface area contributed by atoms with Crippen molar-refractivity contribution in [2.45, 2.75) is 25.1 Å². The van der Waals surface area contributed by atoms with Gasteiger partial charge in [-0.05, 0) is 49.3 Å². The Labute approximate surface area is 136 Å². The van der Waals surface area contributed by atoms with E-state index in [0.29, 0.717) is 5.75 Å². The fourth-order valence-electron chi connectivity index (χ4n) is 3.18. The molecule has 1 N–H and O–H groups in total. The van der Waals surface area contributed by atoms with Crippen molar-refractivity contribution in [1.29, 1.82) is 0 Å². The van der Waals surface area contributed by atoms with E-state index < -0.39 is 0 Å². The molecule has 2 fully saturated rings. The summed E-state index contributed by atoms with van der Waals surface area (Å²) in [5, 5.41) is 3.41. The highest BCUT2D eigenvalue weighted by molar-refractivity contribution is 5.25. The molecule has 1 aliphatic carbocycles. The van der Waals surface area contributed by atoms with Crippen LogP contribution in [0, 0.1) is 5.82 Å². The monoisotopic (exact) mass is 315 g/mol. The fraction of sp³-hybridized carbons (Fsp3) is 0.444. The molecule has 0 spiro atoms. The third kappa shape index (κ3) is 3.50. The molecule has 0 amide bonds. The van der Waals surface area contributed by atoms with Crippen LogP contribution in [-0.2, 0) is 0 Å². The first-order valence-corrected chi connectivity index (χ1v) is 8.34. The van der Waals surface area contributed by atoms with Gasteiger partial charge in [-0.3, -0.25) is 4.90 Å². The van der Waals surface area contributed by atoms with Crippen molar-refractivity contribution < 1.29 is 9.13 Å². The third-order valence-electron chi connectivity index (χ3n) is 4.63. The van der Waals surface area contributed by atoms with Crippen LogP contribution in [0.5, 0.6) is 5.75 Å². The third-order valence-corrected chi connectivity index (χ3v) is 4.63. The zero-order chi connectivity index (χ0) is 15.6. The van der Waals surface area contributed by atoms with E-state index in [1.165, 1.54) is 25.0 Å². The summed E-state index contributed by atoms with van der Waals surface area (Å²) >= 11 is 0. The number of benzene rings is 1. The Balaban J connectivity index is 1.33. The molecule has 4 rings (SSSR count). The van der Waals surface area contributed by atoms with Crippen LogP contribution < -0.4 is 10.1 Å². The highest BCUT2D eigenvalue weighted by Crippen LogP contribution is 2.28. The van der Waals surface area contributed by atoms with Gasteiger partial charge in [0.1, 0.15) is 17.4 Å². The molecule has 1 aromatic carbocycles. The van der Waals surface area contributed by atoms with Gasteiger partial charge in [-0.15, -0.1) is 0 Å². The Hall–Kier alpha value is -2.01. The van der Waals surface area contributed by atoms with E-state index >= 15 is 0 Å². The molecule has 1 aromatic rings. The molecule has 0 radical (unpaired) electrons. The van der Waals surface area contributed by atoms with Gasteiger partial charge >= 0.3 is 0 Å².